The maximum absolute atomic E-state index is 6.90. The van der Waals surface area contributed by atoms with Gasteiger partial charge in [0.15, 0.2) is 0 Å². The number of hydrogen-bond acceptors (Lipinski definition) is 2. The van der Waals surface area contributed by atoms with Gasteiger partial charge in [0, 0.05) is 38.6 Å². The Hall–Kier alpha value is -7.62. The molecule has 3 nitrogen and oxygen atoms in total. The predicted octanol–water partition coefficient (Wildman–Crippen LogP) is 15.8. The molecule has 11 aromatic rings. The zero-order valence-electron chi connectivity index (χ0n) is 33.4. The summed E-state index contributed by atoms with van der Waals surface area (Å²) in [5.41, 5.74) is 18.2. The molecule has 0 bridgehead atoms. The van der Waals surface area contributed by atoms with E-state index in [0.29, 0.717) is 0 Å². The van der Waals surface area contributed by atoms with E-state index in [2.05, 4.69) is 230 Å². The lowest BCUT2D eigenvalue weighted by molar-refractivity contribution is 0.660. The smallest absolute Gasteiger partial charge is 0.145 e. The van der Waals surface area contributed by atoms with Gasteiger partial charge in [-0.05, 0) is 99.1 Å². The van der Waals surface area contributed by atoms with Gasteiger partial charge in [-0.15, -0.1) is 0 Å². The molecule has 3 heteroatoms. The molecule has 0 N–H and O–H groups in total. The first-order valence-electron chi connectivity index (χ1n) is 20.8. The molecule has 2 aromatic heterocycles. The number of fused-ring (bicyclic) bond motifs is 10. The van der Waals surface area contributed by atoms with Crippen LogP contribution < -0.4 is 4.90 Å². The Morgan fingerprint density at radius 2 is 1.02 bits per heavy atom. The Kier molecular flexibility index (Phi) is 7.58. The lowest BCUT2D eigenvalue weighted by Gasteiger charge is -2.29. The van der Waals surface area contributed by atoms with Crippen LogP contribution in [0.1, 0.15) is 25.0 Å². The molecule has 2 heterocycles. The van der Waals surface area contributed by atoms with Gasteiger partial charge in [0.2, 0.25) is 0 Å². The lowest BCUT2D eigenvalue weighted by Crippen LogP contribution is -2.17. The number of para-hydroxylation sites is 2. The Labute approximate surface area is 349 Å². The van der Waals surface area contributed by atoms with Crippen molar-refractivity contribution in [3.8, 4) is 39.1 Å². The normalized spacial score (nSPS) is 13.0. The molecule has 1 aliphatic rings. The number of nitrogens with zero attached hydrogens (tertiary/aromatic N) is 2. The second-order valence-corrected chi connectivity index (χ2v) is 16.5. The highest BCUT2D eigenvalue weighted by molar-refractivity contribution is 6.27. The molecule has 284 valence electrons. The van der Waals surface area contributed by atoms with Crippen molar-refractivity contribution in [1.82, 2.24) is 4.57 Å². The Bertz CT molecular complexity index is 3430. The molecule has 0 radical (unpaired) electrons. The van der Waals surface area contributed by atoms with Crippen molar-refractivity contribution in [1.29, 1.82) is 0 Å². The zero-order valence-corrected chi connectivity index (χ0v) is 33.4. The van der Waals surface area contributed by atoms with Gasteiger partial charge in [0.05, 0.1) is 22.1 Å². The summed E-state index contributed by atoms with van der Waals surface area (Å²) in [4.78, 5) is 2.48. The highest BCUT2D eigenvalue weighted by Crippen LogP contribution is 2.53. The SMILES string of the molecule is CC1(C)c2ccccc2-c2ccc(N(c3ccc(-c4ccccc4)cc3)c3cc4c5ccccc5oc4c4c5ccccc5n(-c5ccc(-c6ccccc6)cc5)c34)cc21. The first-order valence-corrected chi connectivity index (χ1v) is 20.8. The van der Waals surface area contributed by atoms with Crippen molar-refractivity contribution in [2.45, 2.75) is 19.3 Å². The van der Waals surface area contributed by atoms with Crippen LogP contribution in [0.25, 0.3) is 82.8 Å². The van der Waals surface area contributed by atoms with Crippen LogP contribution in [0.15, 0.2) is 211 Å². The van der Waals surface area contributed by atoms with Crippen LogP contribution in [0.2, 0.25) is 0 Å². The molecule has 0 spiro atoms. The predicted molar refractivity (Wildman–Crippen MR) is 251 cm³/mol. The van der Waals surface area contributed by atoms with Gasteiger partial charge >= 0.3 is 0 Å². The van der Waals surface area contributed by atoms with Gasteiger partial charge in [0.1, 0.15) is 11.2 Å². The average molecular weight is 769 g/mol. The van der Waals surface area contributed by atoms with Gasteiger partial charge in [-0.25, -0.2) is 0 Å². The lowest BCUT2D eigenvalue weighted by atomic mass is 9.82. The minimum absolute atomic E-state index is 0.166. The summed E-state index contributed by atoms with van der Waals surface area (Å²) >= 11 is 0. The van der Waals surface area contributed by atoms with Gasteiger partial charge < -0.3 is 13.9 Å². The molecule has 0 aliphatic heterocycles. The van der Waals surface area contributed by atoms with E-state index < -0.39 is 0 Å². The molecule has 0 amide bonds. The first kappa shape index (κ1) is 34.4. The number of rotatable bonds is 6. The van der Waals surface area contributed by atoms with Crippen molar-refractivity contribution in [2.75, 3.05) is 4.90 Å². The molecule has 60 heavy (non-hydrogen) atoms. The molecule has 0 saturated heterocycles. The van der Waals surface area contributed by atoms with Crippen molar-refractivity contribution < 1.29 is 4.42 Å². The third-order valence-corrected chi connectivity index (χ3v) is 12.8. The van der Waals surface area contributed by atoms with E-state index >= 15 is 0 Å². The van der Waals surface area contributed by atoms with Crippen LogP contribution in [0.5, 0.6) is 0 Å². The summed E-state index contributed by atoms with van der Waals surface area (Å²) in [6.45, 7) is 4.72. The third-order valence-electron chi connectivity index (χ3n) is 12.8. The molecule has 9 aromatic carbocycles. The Balaban J connectivity index is 1.18. The van der Waals surface area contributed by atoms with E-state index in [4.69, 9.17) is 4.42 Å². The Morgan fingerprint density at radius 3 is 1.75 bits per heavy atom. The van der Waals surface area contributed by atoms with E-state index in [1.54, 1.807) is 0 Å². The summed E-state index contributed by atoms with van der Waals surface area (Å²) < 4.78 is 9.35. The highest BCUT2D eigenvalue weighted by atomic mass is 16.3. The van der Waals surface area contributed by atoms with E-state index in [0.717, 1.165) is 66.5 Å². The summed E-state index contributed by atoms with van der Waals surface area (Å²) in [5.74, 6) is 0. The van der Waals surface area contributed by atoms with Crippen LogP contribution in [0.3, 0.4) is 0 Å². The molecule has 12 rings (SSSR count). The van der Waals surface area contributed by atoms with Crippen LogP contribution in [-0.2, 0) is 5.41 Å². The van der Waals surface area contributed by atoms with E-state index in [9.17, 15) is 0 Å². The highest BCUT2D eigenvalue weighted by Gasteiger charge is 2.36. The summed E-state index contributed by atoms with van der Waals surface area (Å²) in [6, 6.07) is 74.9. The number of hydrogen-bond donors (Lipinski definition) is 0. The molecular weight excluding hydrogens is 729 g/mol. The van der Waals surface area contributed by atoms with Gasteiger partial charge in [-0.1, -0.05) is 166 Å². The second-order valence-electron chi connectivity index (χ2n) is 16.5. The van der Waals surface area contributed by atoms with Gasteiger partial charge in [-0.3, -0.25) is 0 Å². The summed E-state index contributed by atoms with van der Waals surface area (Å²) in [7, 11) is 0. The van der Waals surface area contributed by atoms with E-state index in [1.807, 2.05) is 0 Å². The quantitative estimate of drug-likeness (QED) is 0.168. The Morgan fingerprint density at radius 1 is 0.450 bits per heavy atom. The van der Waals surface area contributed by atoms with Gasteiger partial charge in [0.25, 0.3) is 0 Å². The maximum Gasteiger partial charge on any atom is 0.145 e. The number of furan rings is 1. The average Bonchev–Trinajstić information content (AvgIpc) is 3.93. The van der Waals surface area contributed by atoms with Crippen LogP contribution in [0.4, 0.5) is 17.1 Å². The number of anilines is 3. The summed E-state index contributed by atoms with van der Waals surface area (Å²) in [5, 5.41) is 4.44. The fraction of sp³-hybridized carbons (Fsp3) is 0.0526. The molecule has 0 saturated carbocycles. The van der Waals surface area contributed by atoms with Crippen molar-refractivity contribution in [2.24, 2.45) is 0 Å². The summed E-state index contributed by atoms with van der Waals surface area (Å²) in [6.07, 6.45) is 0. The molecule has 0 unspecified atom stereocenters. The largest absolute Gasteiger partial charge is 0.455 e. The number of aromatic nitrogens is 1. The second kappa shape index (κ2) is 13.2. The maximum atomic E-state index is 6.90. The van der Waals surface area contributed by atoms with Crippen LogP contribution >= 0.6 is 0 Å². The van der Waals surface area contributed by atoms with Gasteiger partial charge in [-0.2, -0.15) is 0 Å². The minimum Gasteiger partial charge on any atom is -0.455 e. The third kappa shape index (κ3) is 5.15. The van der Waals surface area contributed by atoms with E-state index in [-0.39, 0.29) is 5.41 Å². The molecule has 0 atom stereocenters. The standard InChI is InChI=1S/C57H40N2O/c1-57(2)49-22-12-9-19-44(49)45-34-33-43(35-50(45)57)58(41-29-25-39(26-30-41)37-15-5-3-6-16-37)52-36-48-46-20-11-14-24-53(46)60-56(48)54-47-21-10-13-23-51(47)59(55(52)54)42-31-27-40(28-32-42)38-17-7-4-8-18-38/h3-36H,1-2H3. The molecule has 1 aliphatic carbocycles. The van der Waals surface area contributed by atoms with Crippen molar-refractivity contribution >= 4 is 60.8 Å². The van der Waals surface area contributed by atoms with Crippen LogP contribution in [-0.4, -0.2) is 4.57 Å². The van der Waals surface area contributed by atoms with Crippen LogP contribution in [0, 0.1) is 0 Å². The fourth-order valence-electron chi connectivity index (χ4n) is 9.88. The monoisotopic (exact) mass is 768 g/mol. The fourth-order valence-corrected chi connectivity index (χ4v) is 9.88. The van der Waals surface area contributed by atoms with Crippen molar-refractivity contribution in [3.63, 3.8) is 0 Å². The zero-order chi connectivity index (χ0) is 40.0. The number of benzene rings is 9. The van der Waals surface area contributed by atoms with Crippen molar-refractivity contribution in [3.05, 3.63) is 217 Å². The first-order chi connectivity index (χ1) is 29.5. The topological polar surface area (TPSA) is 21.3 Å². The van der Waals surface area contributed by atoms with E-state index in [1.165, 1.54) is 44.5 Å². The molecule has 0 fully saturated rings. The molecular formula is C57H40N2O. The minimum atomic E-state index is -0.166.